The van der Waals surface area contributed by atoms with Gasteiger partial charge in [0.1, 0.15) is 9.96 Å². The van der Waals surface area contributed by atoms with Crippen molar-refractivity contribution >= 4 is 37.1 Å². The van der Waals surface area contributed by atoms with Crippen molar-refractivity contribution in [2.75, 3.05) is 24.9 Å². The van der Waals surface area contributed by atoms with Gasteiger partial charge in [0.05, 0.1) is 17.7 Å². The first-order valence-corrected chi connectivity index (χ1v) is 11.4. The van der Waals surface area contributed by atoms with Crippen molar-refractivity contribution in [2.45, 2.75) is 21.9 Å². The first kappa shape index (κ1) is 18.2. The average Bonchev–Trinajstić information content (AvgIpc) is 3.28. The first-order chi connectivity index (χ1) is 11.8. The number of anilines is 1. The molecule has 136 valence electrons. The summed E-state index contributed by atoms with van der Waals surface area (Å²) in [5, 5.41) is 1.65. The molecule has 0 bridgehead atoms. The SMILES string of the molecule is COc1ccc(S(=O)(=O)N2CCCC2)cc1NS(=O)(=O)c1cccs1. The molecule has 1 fully saturated rings. The number of thiophene rings is 1. The van der Waals surface area contributed by atoms with Crippen LogP contribution in [0, 0.1) is 0 Å². The molecule has 1 aromatic heterocycles. The van der Waals surface area contributed by atoms with Gasteiger partial charge in [-0.1, -0.05) is 6.07 Å². The molecule has 0 atom stereocenters. The Kier molecular flexibility index (Phi) is 5.05. The predicted molar refractivity (Wildman–Crippen MR) is 96.1 cm³/mol. The van der Waals surface area contributed by atoms with Gasteiger partial charge in [-0.15, -0.1) is 11.3 Å². The van der Waals surface area contributed by atoms with E-state index in [1.165, 1.54) is 35.7 Å². The third-order valence-electron chi connectivity index (χ3n) is 3.88. The van der Waals surface area contributed by atoms with Crippen molar-refractivity contribution in [3.05, 3.63) is 35.7 Å². The third kappa shape index (κ3) is 3.66. The first-order valence-electron chi connectivity index (χ1n) is 7.59. The topological polar surface area (TPSA) is 92.8 Å². The van der Waals surface area contributed by atoms with E-state index in [1.54, 1.807) is 11.4 Å². The molecule has 1 aromatic carbocycles. The summed E-state index contributed by atoms with van der Waals surface area (Å²) in [6.45, 7) is 0.954. The number of rotatable bonds is 6. The summed E-state index contributed by atoms with van der Waals surface area (Å²) < 4.78 is 59.4. The number of hydrogen-bond acceptors (Lipinski definition) is 6. The quantitative estimate of drug-likeness (QED) is 0.801. The van der Waals surface area contributed by atoms with Crippen LogP contribution in [0.3, 0.4) is 0 Å². The van der Waals surface area contributed by atoms with Crippen LogP contribution in [-0.4, -0.2) is 41.3 Å². The lowest BCUT2D eigenvalue weighted by atomic mass is 10.3. The van der Waals surface area contributed by atoms with Crippen LogP contribution in [0.4, 0.5) is 5.69 Å². The minimum atomic E-state index is -3.80. The van der Waals surface area contributed by atoms with Gasteiger partial charge < -0.3 is 4.74 Å². The molecule has 0 aliphatic carbocycles. The second kappa shape index (κ2) is 6.94. The van der Waals surface area contributed by atoms with Crippen molar-refractivity contribution in [1.29, 1.82) is 0 Å². The zero-order valence-electron chi connectivity index (χ0n) is 13.5. The van der Waals surface area contributed by atoms with Gasteiger partial charge >= 0.3 is 0 Å². The fourth-order valence-corrected chi connectivity index (χ4v) is 6.21. The molecular formula is C15H18N2O5S3. The molecule has 0 amide bonds. The number of sulfonamides is 2. The minimum Gasteiger partial charge on any atom is -0.495 e. The summed E-state index contributed by atoms with van der Waals surface area (Å²) in [6, 6.07) is 7.29. The Labute approximate surface area is 151 Å². The second-order valence-corrected chi connectivity index (χ2v) is 10.3. The van der Waals surface area contributed by atoms with Crippen molar-refractivity contribution < 1.29 is 21.6 Å². The Morgan fingerprint density at radius 2 is 1.84 bits per heavy atom. The van der Waals surface area contributed by atoms with Crippen LogP contribution in [-0.2, 0) is 20.0 Å². The van der Waals surface area contributed by atoms with Gasteiger partial charge in [-0.05, 0) is 42.5 Å². The number of benzene rings is 1. The molecule has 7 nitrogen and oxygen atoms in total. The lowest BCUT2D eigenvalue weighted by Gasteiger charge is -2.17. The number of ether oxygens (including phenoxy) is 1. The Morgan fingerprint density at radius 3 is 2.44 bits per heavy atom. The summed E-state index contributed by atoms with van der Waals surface area (Å²) >= 11 is 1.07. The van der Waals surface area contributed by atoms with Crippen LogP contribution in [0.25, 0.3) is 0 Å². The predicted octanol–water partition coefficient (Wildman–Crippen LogP) is 2.34. The number of methoxy groups -OCH3 is 1. The van der Waals surface area contributed by atoms with Gasteiger partial charge in [-0.2, -0.15) is 4.31 Å². The average molecular weight is 403 g/mol. The smallest absolute Gasteiger partial charge is 0.271 e. The van der Waals surface area contributed by atoms with Crippen molar-refractivity contribution in [3.63, 3.8) is 0 Å². The monoisotopic (exact) mass is 402 g/mol. The molecule has 0 saturated carbocycles. The van der Waals surface area contributed by atoms with E-state index < -0.39 is 20.0 Å². The summed E-state index contributed by atoms with van der Waals surface area (Å²) in [7, 11) is -6.06. The van der Waals surface area contributed by atoms with Crippen LogP contribution >= 0.6 is 11.3 Å². The van der Waals surface area contributed by atoms with E-state index >= 15 is 0 Å². The van der Waals surface area contributed by atoms with E-state index in [0.717, 1.165) is 24.2 Å². The van der Waals surface area contributed by atoms with Gasteiger partial charge in [-0.3, -0.25) is 4.72 Å². The van der Waals surface area contributed by atoms with E-state index in [4.69, 9.17) is 4.74 Å². The van der Waals surface area contributed by atoms with Crippen molar-refractivity contribution in [1.82, 2.24) is 4.31 Å². The second-order valence-electron chi connectivity index (χ2n) is 5.51. The van der Waals surface area contributed by atoms with Crippen LogP contribution < -0.4 is 9.46 Å². The Hall–Kier alpha value is -1.62. The molecule has 0 radical (unpaired) electrons. The maximum Gasteiger partial charge on any atom is 0.271 e. The maximum atomic E-state index is 12.7. The molecule has 1 aliphatic rings. The highest BCUT2D eigenvalue weighted by Crippen LogP contribution is 2.32. The standard InChI is InChI=1S/C15H18N2O5S3/c1-22-14-7-6-12(25(20,21)17-8-2-3-9-17)11-13(14)16-24(18,19)15-5-4-10-23-15/h4-7,10-11,16H,2-3,8-9H2,1H3. The molecule has 25 heavy (non-hydrogen) atoms. The van der Waals surface area contributed by atoms with E-state index in [-0.39, 0.29) is 20.5 Å². The number of hydrogen-bond donors (Lipinski definition) is 1. The van der Waals surface area contributed by atoms with Crippen LogP contribution in [0.2, 0.25) is 0 Å². The zero-order valence-corrected chi connectivity index (χ0v) is 16.0. The van der Waals surface area contributed by atoms with E-state index in [2.05, 4.69) is 4.72 Å². The minimum absolute atomic E-state index is 0.0408. The molecule has 0 spiro atoms. The molecule has 3 rings (SSSR count). The van der Waals surface area contributed by atoms with E-state index in [0.29, 0.717) is 13.1 Å². The van der Waals surface area contributed by atoms with Crippen LogP contribution in [0.1, 0.15) is 12.8 Å². The lowest BCUT2D eigenvalue weighted by Crippen LogP contribution is -2.28. The van der Waals surface area contributed by atoms with E-state index in [1.807, 2.05) is 0 Å². The van der Waals surface area contributed by atoms with Crippen molar-refractivity contribution in [2.24, 2.45) is 0 Å². The lowest BCUT2D eigenvalue weighted by molar-refractivity contribution is 0.416. The Morgan fingerprint density at radius 1 is 1.12 bits per heavy atom. The highest BCUT2D eigenvalue weighted by atomic mass is 32.2. The Balaban J connectivity index is 1.99. The summed E-state index contributed by atoms with van der Waals surface area (Å²) in [5.41, 5.74) is 0.0937. The fraction of sp³-hybridized carbons (Fsp3) is 0.333. The third-order valence-corrected chi connectivity index (χ3v) is 8.54. The van der Waals surface area contributed by atoms with E-state index in [9.17, 15) is 16.8 Å². The molecule has 1 N–H and O–H groups in total. The largest absolute Gasteiger partial charge is 0.495 e. The van der Waals surface area contributed by atoms with Crippen molar-refractivity contribution in [3.8, 4) is 5.75 Å². The maximum absolute atomic E-state index is 12.7. The van der Waals surface area contributed by atoms with Gasteiger partial charge in [0.25, 0.3) is 10.0 Å². The molecule has 10 heteroatoms. The van der Waals surface area contributed by atoms with Gasteiger partial charge in [-0.25, -0.2) is 16.8 Å². The highest BCUT2D eigenvalue weighted by Gasteiger charge is 2.28. The summed E-state index contributed by atoms with van der Waals surface area (Å²) in [6.07, 6.45) is 1.65. The van der Waals surface area contributed by atoms with Gasteiger partial charge in [0.2, 0.25) is 10.0 Å². The number of nitrogens with one attached hydrogen (secondary N) is 1. The highest BCUT2D eigenvalue weighted by molar-refractivity contribution is 7.94. The molecule has 2 heterocycles. The summed E-state index contributed by atoms with van der Waals surface area (Å²) in [4.78, 5) is 0.0408. The van der Waals surface area contributed by atoms with Crippen LogP contribution in [0.15, 0.2) is 44.8 Å². The molecule has 0 unspecified atom stereocenters. The summed E-state index contributed by atoms with van der Waals surface area (Å²) in [5.74, 6) is 0.250. The Bertz CT molecular complexity index is 947. The fourth-order valence-electron chi connectivity index (χ4n) is 2.62. The molecule has 2 aromatic rings. The van der Waals surface area contributed by atoms with Gasteiger partial charge in [0, 0.05) is 13.1 Å². The molecular weight excluding hydrogens is 384 g/mol. The number of nitrogens with zero attached hydrogens (tertiary/aromatic N) is 1. The zero-order chi connectivity index (χ0) is 18.1. The normalized spacial score (nSPS) is 16.0. The van der Waals surface area contributed by atoms with Crippen LogP contribution in [0.5, 0.6) is 5.75 Å². The molecule has 1 saturated heterocycles. The molecule has 1 aliphatic heterocycles. The van der Waals surface area contributed by atoms with Gasteiger partial charge in [0.15, 0.2) is 0 Å².